The number of sulfonamides is 1. The summed E-state index contributed by atoms with van der Waals surface area (Å²) in [5, 5.41) is 0. The van der Waals surface area contributed by atoms with E-state index in [0.29, 0.717) is 11.4 Å². The maximum Gasteiger partial charge on any atom is 0.243 e. The maximum atomic E-state index is 12.7. The smallest absolute Gasteiger partial charge is 0.243 e. The van der Waals surface area contributed by atoms with Crippen LogP contribution >= 0.6 is 0 Å². The molecule has 21 heavy (non-hydrogen) atoms. The zero-order valence-electron chi connectivity index (χ0n) is 12.3. The predicted molar refractivity (Wildman–Crippen MR) is 79.5 cm³/mol. The Morgan fingerprint density at radius 1 is 1.24 bits per heavy atom. The van der Waals surface area contributed by atoms with Crippen molar-refractivity contribution in [2.24, 2.45) is 5.92 Å². The van der Waals surface area contributed by atoms with Gasteiger partial charge in [0.05, 0.1) is 17.1 Å². The molecule has 0 unspecified atom stereocenters. The van der Waals surface area contributed by atoms with Gasteiger partial charge in [-0.1, -0.05) is 17.7 Å². The van der Waals surface area contributed by atoms with Crippen molar-refractivity contribution in [3.05, 3.63) is 29.8 Å². The van der Waals surface area contributed by atoms with Crippen LogP contribution in [0.1, 0.15) is 31.2 Å². The minimum absolute atomic E-state index is 0.135. The van der Waals surface area contributed by atoms with Crippen LogP contribution in [0.4, 0.5) is 0 Å². The third-order valence-electron chi connectivity index (χ3n) is 5.02. The van der Waals surface area contributed by atoms with Gasteiger partial charge in [-0.2, -0.15) is 4.31 Å². The highest BCUT2D eigenvalue weighted by Crippen LogP contribution is 2.50. The Balaban J connectivity index is 1.50. The van der Waals surface area contributed by atoms with Crippen molar-refractivity contribution in [1.82, 2.24) is 4.31 Å². The second-order valence-electron chi connectivity index (χ2n) is 6.86. The Bertz CT molecular complexity index is 643. The number of nitrogens with zero attached hydrogens (tertiary/aromatic N) is 1. The minimum atomic E-state index is -3.37. The fraction of sp³-hybridized carbons (Fsp3) is 0.625. The minimum Gasteiger partial charge on any atom is -0.373 e. The van der Waals surface area contributed by atoms with Crippen LogP contribution in [-0.2, 0) is 14.8 Å². The molecule has 2 saturated heterocycles. The summed E-state index contributed by atoms with van der Waals surface area (Å²) >= 11 is 0. The lowest BCUT2D eigenvalue weighted by molar-refractivity contribution is -0.0724. The number of hydrogen-bond acceptors (Lipinski definition) is 3. The quantitative estimate of drug-likeness (QED) is 0.839. The highest BCUT2D eigenvalue weighted by atomic mass is 32.2. The Labute approximate surface area is 126 Å². The van der Waals surface area contributed by atoms with E-state index >= 15 is 0 Å². The van der Waals surface area contributed by atoms with Crippen LogP contribution in [0.2, 0.25) is 0 Å². The van der Waals surface area contributed by atoms with Crippen molar-refractivity contribution in [3.8, 4) is 0 Å². The summed E-state index contributed by atoms with van der Waals surface area (Å²) in [6, 6.07) is 7.26. The molecule has 2 heterocycles. The average molecular weight is 307 g/mol. The first-order valence-electron chi connectivity index (χ1n) is 7.71. The first kappa shape index (κ1) is 13.7. The normalized spacial score (nSPS) is 32.1. The molecule has 114 valence electrons. The molecule has 0 N–H and O–H groups in total. The molecule has 2 aliphatic carbocycles. The van der Waals surface area contributed by atoms with E-state index in [-0.39, 0.29) is 11.6 Å². The highest BCUT2D eigenvalue weighted by Gasteiger charge is 2.60. The molecule has 0 aromatic heterocycles. The van der Waals surface area contributed by atoms with Crippen molar-refractivity contribution in [2.75, 3.05) is 13.2 Å². The predicted octanol–water partition coefficient (Wildman–Crippen LogP) is 2.33. The largest absolute Gasteiger partial charge is 0.373 e. The molecule has 5 rings (SSSR count). The zero-order chi connectivity index (χ0) is 14.7. The van der Waals surface area contributed by atoms with E-state index in [1.807, 2.05) is 19.1 Å². The Morgan fingerprint density at radius 3 is 2.52 bits per heavy atom. The molecule has 0 atom stereocenters. The fourth-order valence-corrected chi connectivity index (χ4v) is 5.11. The van der Waals surface area contributed by atoms with E-state index in [1.165, 1.54) is 12.8 Å². The summed E-state index contributed by atoms with van der Waals surface area (Å²) in [5.41, 5.74) is 0.884. The molecule has 0 radical (unpaired) electrons. The van der Waals surface area contributed by atoms with E-state index in [4.69, 9.17) is 4.74 Å². The van der Waals surface area contributed by atoms with Crippen LogP contribution in [0.15, 0.2) is 29.2 Å². The Morgan fingerprint density at radius 2 is 1.90 bits per heavy atom. The third kappa shape index (κ3) is 2.31. The van der Waals surface area contributed by atoms with Gasteiger partial charge in [0.2, 0.25) is 10.0 Å². The van der Waals surface area contributed by atoms with Crippen molar-refractivity contribution in [1.29, 1.82) is 0 Å². The molecule has 2 bridgehead atoms. The SMILES string of the molecule is Cc1ccc(S(=O)(=O)N2CC3(OCC4CC4)CC2C3)cc1. The summed E-state index contributed by atoms with van der Waals surface area (Å²) < 4.78 is 33.2. The summed E-state index contributed by atoms with van der Waals surface area (Å²) in [7, 11) is -3.37. The van der Waals surface area contributed by atoms with Crippen LogP contribution in [-0.4, -0.2) is 37.5 Å². The number of ether oxygens (including phenoxy) is 1. The van der Waals surface area contributed by atoms with Crippen LogP contribution < -0.4 is 0 Å². The first-order chi connectivity index (χ1) is 9.98. The number of fused-ring (bicyclic) bond motifs is 1. The lowest BCUT2D eigenvalue weighted by atomic mass is 9.81. The second-order valence-corrected chi connectivity index (χ2v) is 8.75. The van der Waals surface area contributed by atoms with Crippen molar-refractivity contribution < 1.29 is 13.2 Å². The first-order valence-corrected chi connectivity index (χ1v) is 9.15. The van der Waals surface area contributed by atoms with Gasteiger partial charge in [0.15, 0.2) is 0 Å². The standard InChI is InChI=1S/C16H21NO3S/c1-12-2-6-15(7-3-12)21(18,19)17-11-16(8-14(17)9-16)20-10-13-4-5-13/h2-3,6-7,13-14H,4-5,8-11H2,1H3. The second kappa shape index (κ2) is 4.54. The molecule has 2 saturated carbocycles. The van der Waals surface area contributed by atoms with Gasteiger partial charge in [-0.3, -0.25) is 0 Å². The van der Waals surface area contributed by atoms with Gasteiger partial charge in [0, 0.05) is 12.6 Å². The van der Waals surface area contributed by atoms with E-state index in [0.717, 1.165) is 30.9 Å². The molecule has 0 amide bonds. The fourth-order valence-electron chi connectivity index (χ4n) is 3.41. The number of aryl methyl sites for hydroxylation is 1. The summed E-state index contributed by atoms with van der Waals surface area (Å²) in [6.45, 7) is 3.30. The third-order valence-corrected chi connectivity index (χ3v) is 6.93. The van der Waals surface area contributed by atoms with Gasteiger partial charge >= 0.3 is 0 Å². The van der Waals surface area contributed by atoms with Gasteiger partial charge in [-0.15, -0.1) is 0 Å². The number of rotatable bonds is 5. The molecule has 2 aliphatic heterocycles. The highest BCUT2D eigenvalue weighted by molar-refractivity contribution is 7.89. The molecular formula is C16H21NO3S. The zero-order valence-corrected chi connectivity index (χ0v) is 13.1. The summed E-state index contributed by atoms with van der Waals surface area (Å²) in [4.78, 5) is 0.401. The van der Waals surface area contributed by atoms with Gasteiger partial charge < -0.3 is 4.74 Å². The average Bonchev–Trinajstić information content (AvgIpc) is 3.07. The van der Waals surface area contributed by atoms with Crippen LogP contribution in [0.3, 0.4) is 0 Å². The van der Waals surface area contributed by atoms with Crippen molar-refractivity contribution >= 4 is 10.0 Å². The topological polar surface area (TPSA) is 46.6 Å². The van der Waals surface area contributed by atoms with Gasteiger partial charge in [0.1, 0.15) is 0 Å². The maximum absolute atomic E-state index is 12.7. The van der Waals surface area contributed by atoms with E-state index < -0.39 is 10.0 Å². The van der Waals surface area contributed by atoms with Crippen LogP contribution in [0.25, 0.3) is 0 Å². The Kier molecular flexibility index (Phi) is 2.97. The van der Waals surface area contributed by atoms with Gasteiger partial charge in [-0.25, -0.2) is 8.42 Å². The van der Waals surface area contributed by atoms with E-state index in [9.17, 15) is 8.42 Å². The van der Waals surface area contributed by atoms with E-state index in [2.05, 4.69) is 0 Å². The summed E-state index contributed by atoms with van der Waals surface area (Å²) in [5.74, 6) is 0.723. The van der Waals surface area contributed by atoms with Gasteiger partial charge in [0.25, 0.3) is 0 Å². The molecule has 4 aliphatic rings. The molecular weight excluding hydrogens is 286 g/mol. The lowest BCUT2D eigenvalue weighted by Crippen LogP contribution is -2.43. The lowest BCUT2D eigenvalue weighted by Gasteiger charge is -2.36. The molecule has 1 aromatic carbocycles. The van der Waals surface area contributed by atoms with E-state index in [1.54, 1.807) is 16.4 Å². The molecule has 4 fully saturated rings. The van der Waals surface area contributed by atoms with Crippen molar-refractivity contribution in [2.45, 2.75) is 49.1 Å². The molecule has 0 spiro atoms. The van der Waals surface area contributed by atoms with Crippen LogP contribution in [0, 0.1) is 12.8 Å². The van der Waals surface area contributed by atoms with Gasteiger partial charge in [-0.05, 0) is 50.7 Å². The molecule has 1 aromatic rings. The van der Waals surface area contributed by atoms with Crippen LogP contribution in [0.5, 0.6) is 0 Å². The van der Waals surface area contributed by atoms with Crippen molar-refractivity contribution in [3.63, 3.8) is 0 Å². The Hall–Kier alpha value is -0.910. The molecule has 4 nitrogen and oxygen atoms in total. The monoisotopic (exact) mass is 307 g/mol. The number of benzene rings is 1. The summed E-state index contributed by atoms with van der Waals surface area (Å²) in [6.07, 6.45) is 4.27. The number of hydrogen-bond donors (Lipinski definition) is 0. The molecule has 5 heteroatoms.